The molecule has 1 aromatic heterocycles. The monoisotopic (exact) mass is 292 g/mol. The van der Waals surface area contributed by atoms with Gasteiger partial charge in [0, 0.05) is 30.8 Å². The summed E-state index contributed by atoms with van der Waals surface area (Å²) in [6.07, 6.45) is 4.82. The Labute approximate surface area is 129 Å². The second kappa shape index (κ2) is 7.60. The third-order valence-electron chi connectivity index (χ3n) is 2.95. The molecule has 5 nitrogen and oxygen atoms in total. The zero-order chi connectivity index (χ0) is 15.8. The Bertz CT molecular complexity index is 700. The largest absolute Gasteiger partial charge is 0.386 e. The highest BCUT2D eigenvalue weighted by atomic mass is 16.1. The van der Waals surface area contributed by atoms with Gasteiger partial charge in [-0.25, -0.2) is 0 Å². The predicted molar refractivity (Wildman–Crippen MR) is 84.6 cm³/mol. The van der Waals surface area contributed by atoms with Crippen LogP contribution in [0.25, 0.3) is 0 Å². The molecule has 5 heteroatoms. The van der Waals surface area contributed by atoms with Crippen molar-refractivity contribution in [2.75, 3.05) is 5.32 Å². The van der Waals surface area contributed by atoms with Gasteiger partial charge in [0.15, 0.2) is 0 Å². The molecule has 0 aliphatic rings. The molecule has 2 N–H and O–H groups in total. The topological polar surface area (TPSA) is 77.8 Å². The molecule has 0 fully saturated rings. The number of carbonyl (C=O) groups is 1. The molecule has 2 aromatic rings. The molecule has 0 radical (unpaired) electrons. The summed E-state index contributed by atoms with van der Waals surface area (Å²) in [7, 11) is 0. The number of benzene rings is 1. The van der Waals surface area contributed by atoms with E-state index in [1.54, 1.807) is 24.5 Å². The van der Waals surface area contributed by atoms with Crippen molar-refractivity contribution in [2.45, 2.75) is 13.5 Å². The summed E-state index contributed by atoms with van der Waals surface area (Å²) in [5.74, 6) is -0.440. The van der Waals surface area contributed by atoms with Gasteiger partial charge in [-0.2, -0.15) is 5.26 Å². The van der Waals surface area contributed by atoms with E-state index >= 15 is 0 Å². The number of nitriles is 1. The van der Waals surface area contributed by atoms with Gasteiger partial charge in [-0.3, -0.25) is 9.78 Å². The highest BCUT2D eigenvalue weighted by molar-refractivity contribution is 6.06. The molecule has 0 saturated carbocycles. The lowest BCUT2D eigenvalue weighted by molar-refractivity contribution is -0.112. The zero-order valence-corrected chi connectivity index (χ0v) is 12.2. The zero-order valence-electron chi connectivity index (χ0n) is 12.2. The maximum absolute atomic E-state index is 12.0. The average Bonchev–Trinajstić information content (AvgIpc) is 2.54. The first-order valence-electron chi connectivity index (χ1n) is 6.79. The van der Waals surface area contributed by atoms with E-state index in [1.165, 1.54) is 6.20 Å². The Balaban J connectivity index is 1.95. The second-order valence-electron chi connectivity index (χ2n) is 4.73. The maximum Gasteiger partial charge on any atom is 0.267 e. The van der Waals surface area contributed by atoms with Gasteiger partial charge in [-0.15, -0.1) is 0 Å². The molecule has 1 heterocycles. The van der Waals surface area contributed by atoms with Crippen LogP contribution in [0.3, 0.4) is 0 Å². The van der Waals surface area contributed by atoms with Gasteiger partial charge in [-0.05, 0) is 30.7 Å². The van der Waals surface area contributed by atoms with Crippen molar-refractivity contribution in [3.05, 3.63) is 71.7 Å². The normalized spacial score (nSPS) is 10.6. The lowest BCUT2D eigenvalue weighted by Crippen LogP contribution is -2.16. The minimum atomic E-state index is -0.440. The van der Waals surface area contributed by atoms with Crippen LogP contribution in [-0.4, -0.2) is 10.9 Å². The van der Waals surface area contributed by atoms with Gasteiger partial charge in [0.25, 0.3) is 5.91 Å². The standard InChI is InChI=1S/C17H16N4O/c1-13-4-6-16(7-5-13)21-17(22)15(9-18)12-20-11-14-3-2-8-19-10-14/h2-8,10,12,20H,11H2,1H3,(H,21,22)/b15-12-. The van der Waals surface area contributed by atoms with Gasteiger partial charge in [0.2, 0.25) is 0 Å². The first kappa shape index (κ1) is 15.3. The number of nitrogens with zero attached hydrogens (tertiary/aromatic N) is 2. The molecule has 1 aromatic carbocycles. The summed E-state index contributed by atoms with van der Waals surface area (Å²) in [5.41, 5.74) is 2.75. The van der Waals surface area contributed by atoms with Crippen LogP contribution in [0.4, 0.5) is 5.69 Å². The lowest BCUT2D eigenvalue weighted by atomic mass is 10.2. The van der Waals surface area contributed by atoms with Crippen molar-refractivity contribution in [1.82, 2.24) is 10.3 Å². The van der Waals surface area contributed by atoms with E-state index in [0.717, 1.165) is 11.1 Å². The number of aryl methyl sites for hydroxylation is 1. The van der Waals surface area contributed by atoms with Gasteiger partial charge >= 0.3 is 0 Å². The fourth-order valence-electron chi connectivity index (χ4n) is 1.76. The summed E-state index contributed by atoms with van der Waals surface area (Å²) in [5, 5.41) is 14.7. The van der Waals surface area contributed by atoms with Crippen molar-refractivity contribution >= 4 is 11.6 Å². The summed E-state index contributed by atoms with van der Waals surface area (Å²) >= 11 is 0. The number of nitrogens with one attached hydrogen (secondary N) is 2. The average molecular weight is 292 g/mol. The number of amides is 1. The first-order chi connectivity index (χ1) is 10.7. The van der Waals surface area contributed by atoms with Crippen LogP contribution >= 0.6 is 0 Å². The Hall–Kier alpha value is -3.13. The smallest absolute Gasteiger partial charge is 0.267 e. The SMILES string of the molecule is Cc1ccc(NC(=O)/C(C#N)=C\NCc2cccnc2)cc1. The molecule has 0 spiro atoms. The van der Waals surface area contributed by atoms with Crippen LogP contribution in [0.2, 0.25) is 0 Å². The predicted octanol–water partition coefficient (Wildman–Crippen LogP) is 2.53. The van der Waals surface area contributed by atoms with Gasteiger partial charge in [-0.1, -0.05) is 23.8 Å². The molecule has 110 valence electrons. The van der Waals surface area contributed by atoms with Crippen molar-refractivity contribution in [3.8, 4) is 6.07 Å². The Morgan fingerprint density at radius 3 is 2.73 bits per heavy atom. The fourth-order valence-corrected chi connectivity index (χ4v) is 1.76. The van der Waals surface area contributed by atoms with Crippen LogP contribution in [-0.2, 0) is 11.3 Å². The number of carbonyl (C=O) groups excluding carboxylic acids is 1. The molecule has 0 bridgehead atoms. The van der Waals surface area contributed by atoms with E-state index in [-0.39, 0.29) is 5.57 Å². The van der Waals surface area contributed by atoms with E-state index in [2.05, 4.69) is 15.6 Å². The number of aromatic nitrogens is 1. The van der Waals surface area contributed by atoms with Crippen molar-refractivity contribution in [1.29, 1.82) is 5.26 Å². The quantitative estimate of drug-likeness (QED) is 0.655. The third-order valence-corrected chi connectivity index (χ3v) is 2.95. The van der Waals surface area contributed by atoms with Gasteiger partial charge in [0.05, 0.1) is 0 Å². The highest BCUT2D eigenvalue weighted by Crippen LogP contribution is 2.09. The summed E-state index contributed by atoms with van der Waals surface area (Å²) in [6, 6.07) is 13.0. The number of hydrogen-bond acceptors (Lipinski definition) is 4. The minimum Gasteiger partial charge on any atom is -0.386 e. The summed E-state index contributed by atoms with van der Waals surface area (Å²) in [4.78, 5) is 16.0. The van der Waals surface area contributed by atoms with Gasteiger partial charge < -0.3 is 10.6 Å². The summed E-state index contributed by atoms with van der Waals surface area (Å²) < 4.78 is 0. The number of hydrogen-bond donors (Lipinski definition) is 2. The van der Waals surface area contributed by atoms with Crippen LogP contribution < -0.4 is 10.6 Å². The van der Waals surface area contributed by atoms with E-state index in [4.69, 9.17) is 5.26 Å². The molecule has 2 rings (SSSR count). The Morgan fingerprint density at radius 1 is 1.32 bits per heavy atom. The van der Waals surface area contributed by atoms with Crippen molar-refractivity contribution in [2.24, 2.45) is 0 Å². The maximum atomic E-state index is 12.0. The van der Waals surface area contributed by atoms with E-state index in [9.17, 15) is 4.79 Å². The molecule has 0 saturated heterocycles. The molecular formula is C17H16N4O. The second-order valence-corrected chi connectivity index (χ2v) is 4.73. The molecular weight excluding hydrogens is 276 g/mol. The van der Waals surface area contributed by atoms with Crippen molar-refractivity contribution in [3.63, 3.8) is 0 Å². The number of rotatable bonds is 5. The van der Waals surface area contributed by atoms with Crippen LogP contribution in [0.1, 0.15) is 11.1 Å². The number of anilines is 1. The molecule has 0 aliphatic heterocycles. The summed E-state index contributed by atoms with van der Waals surface area (Å²) in [6.45, 7) is 2.46. The Kier molecular flexibility index (Phi) is 5.27. The van der Waals surface area contributed by atoms with Crippen LogP contribution in [0, 0.1) is 18.3 Å². The first-order valence-corrected chi connectivity index (χ1v) is 6.79. The van der Waals surface area contributed by atoms with Gasteiger partial charge in [0.1, 0.15) is 11.6 Å². The highest BCUT2D eigenvalue weighted by Gasteiger charge is 2.08. The third kappa shape index (κ3) is 4.46. The van der Waals surface area contributed by atoms with Crippen LogP contribution in [0.5, 0.6) is 0 Å². The van der Waals surface area contributed by atoms with E-state index < -0.39 is 5.91 Å². The molecule has 0 atom stereocenters. The van der Waals surface area contributed by atoms with Crippen LogP contribution in [0.15, 0.2) is 60.6 Å². The Morgan fingerprint density at radius 2 is 2.09 bits per heavy atom. The fraction of sp³-hybridized carbons (Fsp3) is 0.118. The van der Waals surface area contributed by atoms with Crippen molar-refractivity contribution < 1.29 is 4.79 Å². The lowest BCUT2D eigenvalue weighted by Gasteiger charge is -2.05. The van der Waals surface area contributed by atoms with E-state index in [0.29, 0.717) is 12.2 Å². The molecule has 0 aliphatic carbocycles. The molecule has 22 heavy (non-hydrogen) atoms. The van der Waals surface area contributed by atoms with E-state index in [1.807, 2.05) is 37.3 Å². The molecule has 0 unspecified atom stereocenters. The number of pyridine rings is 1. The molecule has 1 amide bonds. The minimum absolute atomic E-state index is 0.0180.